The Morgan fingerprint density at radius 1 is 1.25 bits per heavy atom. The van der Waals surface area contributed by atoms with E-state index >= 15 is 0 Å². The van der Waals surface area contributed by atoms with Gasteiger partial charge >= 0.3 is 0 Å². The number of nitrogens with one attached hydrogen (secondary N) is 2. The van der Waals surface area contributed by atoms with Crippen molar-refractivity contribution in [2.75, 3.05) is 37.4 Å². The monoisotopic (exact) mass is 278 g/mol. The normalized spacial score (nSPS) is 14.7. The van der Waals surface area contributed by atoms with E-state index in [0.717, 1.165) is 48.7 Å². The summed E-state index contributed by atoms with van der Waals surface area (Å²) in [4.78, 5) is 9.14. The van der Waals surface area contributed by atoms with Gasteiger partial charge in [0, 0.05) is 31.7 Å². The average Bonchev–Trinajstić information content (AvgIpc) is 3.24. The first-order valence-corrected chi connectivity index (χ1v) is 7.49. The van der Waals surface area contributed by atoms with E-state index in [-0.39, 0.29) is 0 Å². The molecule has 1 aromatic rings. The lowest BCUT2D eigenvalue weighted by Crippen LogP contribution is -2.15. The predicted molar refractivity (Wildman–Crippen MR) is 82.4 cm³/mol. The molecule has 0 atom stereocenters. The summed E-state index contributed by atoms with van der Waals surface area (Å²) in [6.45, 7) is 8.66. The van der Waals surface area contributed by atoms with Crippen LogP contribution < -0.4 is 10.6 Å². The van der Waals surface area contributed by atoms with Gasteiger partial charge in [-0.25, -0.2) is 9.97 Å². The Labute approximate surface area is 121 Å². The molecule has 0 unspecified atom stereocenters. The van der Waals surface area contributed by atoms with E-state index in [0.29, 0.717) is 5.92 Å². The summed E-state index contributed by atoms with van der Waals surface area (Å²) in [7, 11) is 1.89. The number of aromatic nitrogens is 2. The summed E-state index contributed by atoms with van der Waals surface area (Å²) in [6, 6.07) is 0. The largest absolute Gasteiger partial charge is 0.379 e. The fraction of sp³-hybridized carbons (Fsp3) is 0.733. The van der Waals surface area contributed by atoms with Crippen molar-refractivity contribution in [3.05, 3.63) is 11.4 Å². The first-order chi connectivity index (χ1) is 9.61. The molecule has 0 bridgehead atoms. The van der Waals surface area contributed by atoms with Crippen LogP contribution in [0.3, 0.4) is 0 Å². The molecule has 0 saturated heterocycles. The third-order valence-electron chi connectivity index (χ3n) is 3.51. The van der Waals surface area contributed by atoms with Gasteiger partial charge in [0.2, 0.25) is 0 Å². The van der Waals surface area contributed by atoms with Gasteiger partial charge in [-0.1, -0.05) is 13.8 Å². The molecule has 1 fully saturated rings. The lowest BCUT2D eigenvalue weighted by atomic mass is 10.2. The van der Waals surface area contributed by atoms with Gasteiger partial charge in [-0.15, -0.1) is 0 Å². The highest BCUT2D eigenvalue weighted by molar-refractivity contribution is 5.57. The van der Waals surface area contributed by atoms with Crippen LogP contribution in [0.5, 0.6) is 0 Å². The zero-order valence-corrected chi connectivity index (χ0v) is 13.0. The fourth-order valence-corrected chi connectivity index (χ4v) is 1.98. The molecule has 0 spiro atoms. The molecule has 2 N–H and O–H groups in total. The molecule has 1 aliphatic rings. The van der Waals surface area contributed by atoms with E-state index in [1.807, 2.05) is 14.0 Å². The predicted octanol–water partition coefficient (Wildman–Crippen LogP) is 2.79. The van der Waals surface area contributed by atoms with Gasteiger partial charge in [0.25, 0.3) is 0 Å². The van der Waals surface area contributed by atoms with Crippen LogP contribution in [-0.2, 0) is 4.74 Å². The SMILES string of the molecule is CNc1nc(C(C)C)nc(NCCOCC2CC2)c1C. The molecule has 0 amide bonds. The number of hydrogen-bond donors (Lipinski definition) is 2. The summed E-state index contributed by atoms with van der Waals surface area (Å²) in [5.74, 6) is 3.79. The van der Waals surface area contributed by atoms with Crippen molar-refractivity contribution in [2.24, 2.45) is 5.92 Å². The van der Waals surface area contributed by atoms with Crippen molar-refractivity contribution < 1.29 is 4.74 Å². The second kappa shape index (κ2) is 6.88. The van der Waals surface area contributed by atoms with E-state index in [2.05, 4.69) is 34.4 Å². The highest BCUT2D eigenvalue weighted by Crippen LogP contribution is 2.28. The fourth-order valence-electron chi connectivity index (χ4n) is 1.98. The summed E-state index contributed by atoms with van der Waals surface area (Å²) in [6.07, 6.45) is 2.67. The Morgan fingerprint density at radius 3 is 2.55 bits per heavy atom. The minimum absolute atomic E-state index is 0.314. The molecule has 1 saturated carbocycles. The lowest BCUT2D eigenvalue weighted by molar-refractivity contribution is 0.134. The minimum Gasteiger partial charge on any atom is -0.379 e. The van der Waals surface area contributed by atoms with Crippen LogP contribution in [0, 0.1) is 12.8 Å². The Kier molecular flexibility index (Phi) is 5.17. The van der Waals surface area contributed by atoms with Crippen molar-refractivity contribution in [1.82, 2.24) is 9.97 Å². The van der Waals surface area contributed by atoms with Crippen LogP contribution in [0.2, 0.25) is 0 Å². The third-order valence-corrected chi connectivity index (χ3v) is 3.51. The van der Waals surface area contributed by atoms with E-state index in [1.165, 1.54) is 12.8 Å². The van der Waals surface area contributed by atoms with Crippen molar-refractivity contribution in [3.63, 3.8) is 0 Å². The standard InChI is InChI=1S/C15H26N4O/c1-10(2)13-18-14(16-4)11(3)15(19-13)17-7-8-20-9-12-5-6-12/h10,12H,5-9H2,1-4H3,(H2,16,17,18,19). The van der Waals surface area contributed by atoms with Gasteiger partial charge in [0.15, 0.2) is 0 Å². The molecule has 1 aliphatic carbocycles. The number of ether oxygens (including phenoxy) is 1. The minimum atomic E-state index is 0.314. The second-order valence-electron chi connectivity index (χ2n) is 5.75. The van der Waals surface area contributed by atoms with Gasteiger partial charge in [-0.3, -0.25) is 0 Å². The van der Waals surface area contributed by atoms with Gasteiger partial charge in [-0.2, -0.15) is 0 Å². The molecular weight excluding hydrogens is 252 g/mol. The first kappa shape index (κ1) is 15.0. The third kappa shape index (κ3) is 4.07. The molecule has 5 heteroatoms. The quantitative estimate of drug-likeness (QED) is 0.716. The molecule has 0 aromatic carbocycles. The van der Waals surface area contributed by atoms with Crippen LogP contribution in [0.1, 0.15) is 44.0 Å². The Balaban J connectivity index is 1.92. The molecule has 112 valence electrons. The van der Waals surface area contributed by atoms with Gasteiger partial charge in [0.05, 0.1) is 6.61 Å². The van der Waals surface area contributed by atoms with Crippen LogP contribution in [0.4, 0.5) is 11.6 Å². The van der Waals surface area contributed by atoms with E-state index < -0.39 is 0 Å². The average molecular weight is 278 g/mol. The molecule has 1 heterocycles. The highest BCUT2D eigenvalue weighted by Gasteiger charge is 2.20. The Morgan fingerprint density at radius 2 is 1.95 bits per heavy atom. The maximum Gasteiger partial charge on any atom is 0.135 e. The smallest absolute Gasteiger partial charge is 0.135 e. The summed E-state index contributed by atoms with van der Waals surface area (Å²) in [5, 5.41) is 6.49. The van der Waals surface area contributed by atoms with E-state index in [9.17, 15) is 0 Å². The van der Waals surface area contributed by atoms with Crippen LogP contribution in [0.15, 0.2) is 0 Å². The van der Waals surface area contributed by atoms with Crippen molar-refractivity contribution in [2.45, 2.75) is 39.5 Å². The van der Waals surface area contributed by atoms with Gasteiger partial charge < -0.3 is 15.4 Å². The molecular formula is C15H26N4O. The molecule has 1 aromatic heterocycles. The van der Waals surface area contributed by atoms with Crippen molar-refractivity contribution >= 4 is 11.6 Å². The first-order valence-electron chi connectivity index (χ1n) is 7.49. The van der Waals surface area contributed by atoms with Crippen LogP contribution in [-0.4, -0.2) is 36.8 Å². The number of hydrogen-bond acceptors (Lipinski definition) is 5. The zero-order chi connectivity index (χ0) is 14.5. The number of rotatable bonds is 8. The second-order valence-corrected chi connectivity index (χ2v) is 5.75. The molecule has 0 aliphatic heterocycles. The Hall–Kier alpha value is -1.36. The summed E-state index contributed by atoms with van der Waals surface area (Å²) in [5.41, 5.74) is 1.05. The van der Waals surface area contributed by atoms with E-state index in [4.69, 9.17) is 4.74 Å². The maximum absolute atomic E-state index is 5.63. The van der Waals surface area contributed by atoms with Crippen molar-refractivity contribution in [3.8, 4) is 0 Å². The molecule has 20 heavy (non-hydrogen) atoms. The summed E-state index contributed by atoms with van der Waals surface area (Å²) < 4.78 is 5.63. The highest BCUT2D eigenvalue weighted by atomic mass is 16.5. The topological polar surface area (TPSA) is 59.1 Å². The zero-order valence-electron chi connectivity index (χ0n) is 13.0. The van der Waals surface area contributed by atoms with Crippen molar-refractivity contribution in [1.29, 1.82) is 0 Å². The maximum atomic E-state index is 5.63. The van der Waals surface area contributed by atoms with Gasteiger partial charge in [-0.05, 0) is 25.7 Å². The molecule has 0 radical (unpaired) electrons. The van der Waals surface area contributed by atoms with Crippen LogP contribution in [0.25, 0.3) is 0 Å². The lowest BCUT2D eigenvalue weighted by Gasteiger charge is -2.15. The summed E-state index contributed by atoms with van der Waals surface area (Å²) >= 11 is 0. The number of nitrogens with zero attached hydrogens (tertiary/aromatic N) is 2. The van der Waals surface area contributed by atoms with E-state index in [1.54, 1.807) is 0 Å². The Bertz CT molecular complexity index is 444. The van der Waals surface area contributed by atoms with Crippen LogP contribution >= 0.6 is 0 Å². The van der Waals surface area contributed by atoms with Gasteiger partial charge in [0.1, 0.15) is 17.5 Å². The molecule has 2 rings (SSSR count). The number of anilines is 2. The molecule has 5 nitrogen and oxygen atoms in total.